The Balaban J connectivity index is 1.91. The molecule has 114 valence electrons. The average molecular weight is 326 g/mol. The van der Waals surface area contributed by atoms with Crippen LogP contribution in [0.4, 0.5) is 5.69 Å². The van der Waals surface area contributed by atoms with Crippen molar-refractivity contribution in [3.05, 3.63) is 68.7 Å². The number of amides is 1. The lowest BCUT2D eigenvalue weighted by Crippen LogP contribution is -2.21. The van der Waals surface area contributed by atoms with E-state index in [-0.39, 0.29) is 17.3 Å². The first kappa shape index (κ1) is 13.6. The van der Waals surface area contributed by atoms with Gasteiger partial charge in [0.2, 0.25) is 0 Å². The number of carbonyl (C=O) groups is 1. The third kappa shape index (κ3) is 2.03. The lowest BCUT2D eigenvalue weighted by Gasteiger charge is -2.13. The van der Waals surface area contributed by atoms with Gasteiger partial charge in [-0.05, 0) is 17.5 Å². The second kappa shape index (κ2) is 5.03. The molecule has 2 aromatic heterocycles. The van der Waals surface area contributed by atoms with E-state index in [1.54, 1.807) is 18.2 Å². The molecule has 3 heterocycles. The Labute approximate surface area is 134 Å². The Morgan fingerprint density at radius 2 is 2.04 bits per heavy atom. The van der Waals surface area contributed by atoms with E-state index in [0.717, 1.165) is 10.6 Å². The van der Waals surface area contributed by atoms with E-state index in [4.69, 9.17) is 0 Å². The second-order valence-corrected chi connectivity index (χ2v) is 6.01. The van der Waals surface area contributed by atoms with Crippen molar-refractivity contribution in [2.24, 2.45) is 0 Å². The highest BCUT2D eigenvalue weighted by atomic mass is 32.1. The summed E-state index contributed by atoms with van der Waals surface area (Å²) in [6.45, 7) is 0. The Morgan fingerprint density at radius 3 is 2.78 bits per heavy atom. The minimum atomic E-state index is -0.588. The van der Waals surface area contributed by atoms with Crippen LogP contribution < -0.4 is 5.32 Å². The molecule has 7 nitrogen and oxygen atoms in total. The van der Waals surface area contributed by atoms with Crippen molar-refractivity contribution in [3.8, 4) is 10.6 Å². The van der Waals surface area contributed by atoms with Crippen LogP contribution in [0.3, 0.4) is 0 Å². The number of benzene rings is 1. The van der Waals surface area contributed by atoms with Gasteiger partial charge in [-0.1, -0.05) is 18.2 Å². The van der Waals surface area contributed by atoms with Gasteiger partial charge in [-0.15, -0.1) is 11.3 Å². The quantitative estimate of drug-likeness (QED) is 0.571. The van der Waals surface area contributed by atoms with E-state index in [1.807, 2.05) is 17.5 Å². The smallest absolute Gasteiger partial charge is 0.275 e. The van der Waals surface area contributed by atoms with E-state index in [1.165, 1.54) is 17.4 Å². The minimum absolute atomic E-state index is 0.0241. The van der Waals surface area contributed by atoms with Crippen molar-refractivity contribution in [2.45, 2.75) is 6.04 Å². The summed E-state index contributed by atoms with van der Waals surface area (Å²) in [5, 5.41) is 23.0. The van der Waals surface area contributed by atoms with Gasteiger partial charge >= 0.3 is 0 Å². The van der Waals surface area contributed by atoms with Crippen LogP contribution in [0.15, 0.2) is 41.8 Å². The van der Waals surface area contributed by atoms with E-state index in [2.05, 4.69) is 15.5 Å². The number of thiophene rings is 1. The molecule has 0 saturated carbocycles. The Bertz CT molecular complexity index is 917. The molecule has 4 rings (SSSR count). The summed E-state index contributed by atoms with van der Waals surface area (Å²) in [5.74, 6) is -0.331. The van der Waals surface area contributed by atoms with E-state index in [9.17, 15) is 14.9 Å². The third-order valence-electron chi connectivity index (χ3n) is 3.80. The summed E-state index contributed by atoms with van der Waals surface area (Å²) in [7, 11) is 0. The monoisotopic (exact) mass is 326 g/mol. The maximum atomic E-state index is 12.2. The number of fused-ring (bicyclic) bond motifs is 1. The number of para-hydroxylation sites is 1. The van der Waals surface area contributed by atoms with Crippen molar-refractivity contribution in [1.29, 1.82) is 0 Å². The van der Waals surface area contributed by atoms with Gasteiger partial charge in [0.05, 0.1) is 27.1 Å². The van der Waals surface area contributed by atoms with Gasteiger partial charge in [-0.2, -0.15) is 5.10 Å². The van der Waals surface area contributed by atoms with E-state index < -0.39 is 11.0 Å². The fourth-order valence-corrected chi connectivity index (χ4v) is 3.55. The van der Waals surface area contributed by atoms with Gasteiger partial charge in [-0.25, -0.2) is 0 Å². The zero-order valence-corrected chi connectivity index (χ0v) is 12.5. The molecule has 1 aromatic carbocycles. The van der Waals surface area contributed by atoms with Gasteiger partial charge in [0, 0.05) is 11.6 Å². The number of hydrogen-bond acceptors (Lipinski definition) is 5. The predicted molar refractivity (Wildman–Crippen MR) is 84.3 cm³/mol. The zero-order chi connectivity index (χ0) is 16.0. The number of carbonyl (C=O) groups excluding carboxylic acids is 1. The highest BCUT2D eigenvalue weighted by molar-refractivity contribution is 7.13. The Morgan fingerprint density at radius 1 is 1.22 bits per heavy atom. The van der Waals surface area contributed by atoms with Crippen LogP contribution in [0, 0.1) is 10.1 Å². The summed E-state index contributed by atoms with van der Waals surface area (Å²) in [5.41, 5.74) is 2.09. The van der Waals surface area contributed by atoms with Crippen LogP contribution in [0.1, 0.15) is 27.7 Å². The molecule has 1 aliphatic rings. The molecule has 0 spiro atoms. The van der Waals surface area contributed by atoms with Crippen LogP contribution in [0.2, 0.25) is 0 Å². The Kier molecular flexibility index (Phi) is 2.98. The number of aromatic amines is 1. The molecule has 3 aromatic rings. The molecule has 1 atom stereocenters. The van der Waals surface area contributed by atoms with Crippen LogP contribution in [-0.2, 0) is 0 Å². The summed E-state index contributed by atoms with van der Waals surface area (Å²) in [6, 6.07) is 9.64. The molecular formula is C15H10N4O3S. The number of nitro groups is 1. The van der Waals surface area contributed by atoms with Crippen molar-refractivity contribution >= 4 is 22.9 Å². The van der Waals surface area contributed by atoms with Crippen LogP contribution in [-0.4, -0.2) is 21.0 Å². The van der Waals surface area contributed by atoms with Gasteiger partial charge in [0.15, 0.2) is 5.69 Å². The molecule has 1 aliphatic heterocycles. The molecule has 0 aliphatic carbocycles. The van der Waals surface area contributed by atoms with Gasteiger partial charge < -0.3 is 5.32 Å². The minimum Gasteiger partial charge on any atom is -0.339 e. The number of nitrogens with one attached hydrogen (secondary N) is 2. The largest absolute Gasteiger partial charge is 0.339 e. The molecule has 0 radical (unpaired) electrons. The average Bonchev–Trinajstić information content (AvgIpc) is 3.25. The van der Waals surface area contributed by atoms with Gasteiger partial charge in [0.1, 0.15) is 0 Å². The number of rotatable bonds is 3. The highest BCUT2D eigenvalue weighted by Crippen LogP contribution is 2.40. The second-order valence-electron chi connectivity index (χ2n) is 5.06. The van der Waals surface area contributed by atoms with Crippen LogP contribution in [0.5, 0.6) is 0 Å². The lowest BCUT2D eigenvalue weighted by atomic mass is 9.98. The standard InChI is InChI=1S/C15H10N4O3S/c20-15-14-11(13(17-18-14)10-6-3-7-23-10)12(16-15)8-4-1-2-5-9(8)19(21)22/h1-7,12H,(H,16,20)(H,17,18)/t12-/m0/s1. The fraction of sp³-hybridized carbons (Fsp3) is 0.0667. The Hall–Kier alpha value is -3.00. The van der Waals surface area contributed by atoms with Gasteiger partial charge in [0.25, 0.3) is 11.6 Å². The summed E-state index contributed by atoms with van der Waals surface area (Å²) < 4.78 is 0. The van der Waals surface area contributed by atoms with Crippen LogP contribution in [0.25, 0.3) is 10.6 Å². The molecule has 0 saturated heterocycles. The number of hydrogen-bond donors (Lipinski definition) is 2. The highest BCUT2D eigenvalue weighted by Gasteiger charge is 2.38. The van der Waals surface area contributed by atoms with Crippen molar-refractivity contribution < 1.29 is 9.72 Å². The molecular weight excluding hydrogens is 316 g/mol. The number of aromatic nitrogens is 2. The molecule has 0 fully saturated rings. The number of nitrogens with zero attached hydrogens (tertiary/aromatic N) is 2. The normalized spacial score (nSPS) is 16.2. The predicted octanol–water partition coefficient (Wildman–Crippen LogP) is 2.88. The maximum Gasteiger partial charge on any atom is 0.275 e. The van der Waals surface area contributed by atoms with Gasteiger partial charge in [-0.3, -0.25) is 20.0 Å². The first-order chi connectivity index (χ1) is 11.2. The summed E-state index contributed by atoms with van der Waals surface area (Å²) >= 11 is 1.51. The zero-order valence-electron chi connectivity index (χ0n) is 11.6. The number of H-pyrrole nitrogens is 1. The van der Waals surface area contributed by atoms with Crippen molar-refractivity contribution in [2.75, 3.05) is 0 Å². The van der Waals surface area contributed by atoms with Crippen LogP contribution >= 0.6 is 11.3 Å². The first-order valence-corrected chi connectivity index (χ1v) is 7.71. The molecule has 0 bridgehead atoms. The lowest BCUT2D eigenvalue weighted by molar-refractivity contribution is -0.385. The van der Waals surface area contributed by atoms with Crippen molar-refractivity contribution in [1.82, 2.24) is 15.5 Å². The van der Waals surface area contributed by atoms with E-state index >= 15 is 0 Å². The molecule has 0 unspecified atom stereocenters. The number of nitro benzene ring substituents is 1. The fourth-order valence-electron chi connectivity index (χ4n) is 2.82. The summed E-state index contributed by atoms with van der Waals surface area (Å²) in [4.78, 5) is 23.9. The molecule has 1 amide bonds. The third-order valence-corrected chi connectivity index (χ3v) is 4.68. The van der Waals surface area contributed by atoms with Crippen molar-refractivity contribution in [3.63, 3.8) is 0 Å². The first-order valence-electron chi connectivity index (χ1n) is 6.83. The molecule has 2 N–H and O–H groups in total. The molecule has 8 heteroatoms. The maximum absolute atomic E-state index is 12.2. The SMILES string of the molecule is O=C1N[C@@H](c2ccccc2[N+](=O)[O-])c2c1n[nH]c2-c1cccs1. The van der Waals surface area contributed by atoms with E-state index in [0.29, 0.717) is 11.1 Å². The topological polar surface area (TPSA) is 101 Å². The summed E-state index contributed by atoms with van der Waals surface area (Å²) in [6.07, 6.45) is 0. The molecule has 23 heavy (non-hydrogen) atoms.